The number of carbonyl (C=O) groups is 1. The molecule has 0 amide bonds. The Bertz CT molecular complexity index is 663. The summed E-state index contributed by atoms with van der Waals surface area (Å²) in [6, 6.07) is 4.81. The average molecular weight is 277 g/mol. The topological polar surface area (TPSA) is 88.9 Å². The van der Waals surface area contributed by atoms with E-state index in [0.29, 0.717) is 22.3 Å². The van der Waals surface area contributed by atoms with Crippen molar-refractivity contribution < 1.29 is 9.72 Å². The standard InChI is InChI=1S/C12H11N3O3S/c1-8(16)19-7-3-5-10-9-4-2-6-11(15(17)18)12(9)14-13-10/h2-6H,7H2,1H3,(H,13,14). The third kappa shape index (κ3) is 3.00. The van der Waals surface area contributed by atoms with E-state index in [9.17, 15) is 14.9 Å². The number of nitrogens with zero attached hydrogens (tertiary/aromatic N) is 2. The molecule has 7 heteroatoms. The SMILES string of the molecule is CC(=O)SCC=Cc1[nH]nc2c([N+](=O)[O-])cccc12. The van der Waals surface area contributed by atoms with E-state index in [1.165, 1.54) is 24.8 Å². The molecule has 2 aromatic rings. The van der Waals surface area contributed by atoms with Gasteiger partial charge in [0.15, 0.2) is 10.6 Å². The largest absolute Gasteiger partial charge is 0.297 e. The summed E-state index contributed by atoms with van der Waals surface area (Å²) in [7, 11) is 0. The van der Waals surface area contributed by atoms with Crippen molar-refractivity contribution in [2.24, 2.45) is 0 Å². The Morgan fingerprint density at radius 2 is 2.37 bits per heavy atom. The number of hydrogen-bond acceptors (Lipinski definition) is 5. The highest BCUT2D eigenvalue weighted by Crippen LogP contribution is 2.26. The molecule has 0 fully saturated rings. The number of nitro groups is 1. The number of non-ortho nitro benzene ring substituents is 1. The van der Waals surface area contributed by atoms with Crippen molar-refractivity contribution >= 4 is 39.5 Å². The highest BCUT2D eigenvalue weighted by atomic mass is 32.2. The summed E-state index contributed by atoms with van der Waals surface area (Å²) in [5.41, 5.74) is 1.01. The van der Waals surface area contributed by atoms with Crippen LogP contribution in [0.25, 0.3) is 17.0 Å². The minimum Gasteiger partial charge on any atom is -0.288 e. The van der Waals surface area contributed by atoms with Crippen LogP contribution in [0.5, 0.6) is 0 Å². The van der Waals surface area contributed by atoms with Crippen LogP contribution in [0.15, 0.2) is 24.3 Å². The number of benzene rings is 1. The van der Waals surface area contributed by atoms with E-state index < -0.39 is 4.92 Å². The Hall–Kier alpha value is -2.15. The third-order valence-corrected chi connectivity index (χ3v) is 3.22. The van der Waals surface area contributed by atoms with Crippen molar-refractivity contribution in [1.29, 1.82) is 0 Å². The Labute approximate surface area is 113 Å². The first-order valence-electron chi connectivity index (χ1n) is 5.51. The Kier molecular flexibility index (Phi) is 3.96. The fourth-order valence-electron chi connectivity index (χ4n) is 1.65. The number of aromatic amines is 1. The zero-order chi connectivity index (χ0) is 13.8. The second-order valence-electron chi connectivity index (χ2n) is 3.77. The number of nitro benzene ring substituents is 1. The molecule has 1 aromatic carbocycles. The summed E-state index contributed by atoms with van der Waals surface area (Å²) in [6.07, 6.45) is 3.59. The normalized spacial score (nSPS) is 11.2. The van der Waals surface area contributed by atoms with E-state index in [2.05, 4.69) is 10.2 Å². The lowest BCUT2D eigenvalue weighted by atomic mass is 10.2. The molecule has 0 saturated carbocycles. The predicted octanol–water partition coefficient (Wildman–Crippen LogP) is 2.76. The minimum absolute atomic E-state index is 0.0217. The molecule has 19 heavy (non-hydrogen) atoms. The summed E-state index contributed by atoms with van der Waals surface area (Å²) in [5.74, 6) is 0.560. The second kappa shape index (κ2) is 5.66. The first-order valence-corrected chi connectivity index (χ1v) is 6.49. The lowest BCUT2D eigenvalue weighted by Crippen LogP contribution is -1.88. The van der Waals surface area contributed by atoms with Gasteiger partial charge in [-0.15, -0.1) is 0 Å². The average Bonchev–Trinajstić information content (AvgIpc) is 2.77. The maximum absolute atomic E-state index is 10.9. The van der Waals surface area contributed by atoms with Crippen LogP contribution in [0.4, 0.5) is 5.69 Å². The fraction of sp³-hybridized carbons (Fsp3) is 0.167. The van der Waals surface area contributed by atoms with Gasteiger partial charge < -0.3 is 0 Å². The summed E-state index contributed by atoms with van der Waals surface area (Å²) in [6.45, 7) is 1.51. The lowest BCUT2D eigenvalue weighted by Gasteiger charge is -1.92. The molecule has 0 unspecified atom stereocenters. The molecule has 0 spiro atoms. The maximum atomic E-state index is 10.9. The second-order valence-corrected chi connectivity index (χ2v) is 4.97. The monoisotopic (exact) mass is 277 g/mol. The predicted molar refractivity (Wildman–Crippen MR) is 74.9 cm³/mol. The molecule has 0 radical (unpaired) electrons. The quantitative estimate of drug-likeness (QED) is 0.685. The maximum Gasteiger partial charge on any atom is 0.297 e. The van der Waals surface area contributed by atoms with Gasteiger partial charge in [0.05, 0.1) is 10.6 Å². The first kappa shape index (κ1) is 13.3. The molecule has 2 rings (SSSR count). The molecule has 0 saturated heterocycles. The highest BCUT2D eigenvalue weighted by molar-refractivity contribution is 8.13. The van der Waals surface area contributed by atoms with Crippen molar-refractivity contribution in [3.63, 3.8) is 0 Å². The number of para-hydroxylation sites is 1. The van der Waals surface area contributed by atoms with E-state index >= 15 is 0 Å². The molecule has 0 bridgehead atoms. The van der Waals surface area contributed by atoms with Crippen LogP contribution in [-0.2, 0) is 4.79 Å². The van der Waals surface area contributed by atoms with Gasteiger partial charge in [-0.3, -0.25) is 20.0 Å². The Balaban J connectivity index is 2.28. The molecule has 6 nitrogen and oxygen atoms in total. The molecule has 1 aromatic heterocycles. The van der Waals surface area contributed by atoms with Crippen molar-refractivity contribution in [1.82, 2.24) is 10.2 Å². The number of rotatable bonds is 4. The van der Waals surface area contributed by atoms with Gasteiger partial charge in [-0.2, -0.15) is 5.10 Å². The van der Waals surface area contributed by atoms with Gasteiger partial charge in [0, 0.05) is 24.1 Å². The van der Waals surface area contributed by atoms with Gasteiger partial charge in [-0.25, -0.2) is 0 Å². The van der Waals surface area contributed by atoms with Gasteiger partial charge >= 0.3 is 0 Å². The van der Waals surface area contributed by atoms with Crippen LogP contribution in [0.2, 0.25) is 0 Å². The van der Waals surface area contributed by atoms with Gasteiger partial charge in [0.1, 0.15) is 0 Å². The van der Waals surface area contributed by atoms with Crippen molar-refractivity contribution in [2.75, 3.05) is 5.75 Å². The van der Waals surface area contributed by atoms with E-state index in [0.717, 1.165) is 0 Å². The molecular formula is C12H11N3O3S. The third-order valence-electron chi connectivity index (χ3n) is 2.46. The molecule has 0 atom stereocenters. The number of aromatic nitrogens is 2. The number of thioether (sulfide) groups is 1. The van der Waals surface area contributed by atoms with Crippen LogP contribution < -0.4 is 0 Å². The van der Waals surface area contributed by atoms with Gasteiger partial charge in [-0.1, -0.05) is 30.0 Å². The smallest absolute Gasteiger partial charge is 0.288 e. The Morgan fingerprint density at radius 1 is 1.58 bits per heavy atom. The molecule has 98 valence electrons. The van der Waals surface area contributed by atoms with Crippen LogP contribution in [0.1, 0.15) is 12.6 Å². The number of carbonyl (C=O) groups excluding carboxylic acids is 1. The summed E-state index contributed by atoms with van der Waals surface area (Å²) >= 11 is 1.20. The number of fused-ring (bicyclic) bond motifs is 1. The van der Waals surface area contributed by atoms with Crippen LogP contribution in [-0.4, -0.2) is 26.0 Å². The molecular weight excluding hydrogens is 266 g/mol. The zero-order valence-corrected chi connectivity index (χ0v) is 10.9. The first-order chi connectivity index (χ1) is 9.09. The van der Waals surface area contributed by atoms with Crippen LogP contribution in [0, 0.1) is 10.1 Å². The number of H-pyrrole nitrogens is 1. The fourth-order valence-corrected chi connectivity index (χ4v) is 2.08. The van der Waals surface area contributed by atoms with Crippen molar-refractivity contribution in [3.05, 3.63) is 40.1 Å². The van der Waals surface area contributed by atoms with Crippen molar-refractivity contribution in [3.8, 4) is 0 Å². The lowest BCUT2D eigenvalue weighted by molar-refractivity contribution is -0.383. The van der Waals surface area contributed by atoms with Gasteiger partial charge in [-0.05, 0) is 6.08 Å². The molecule has 0 aliphatic rings. The summed E-state index contributed by atoms with van der Waals surface area (Å²) in [4.78, 5) is 21.2. The van der Waals surface area contributed by atoms with Crippen LogP contribution >= 0.6 is 11.8 Å². The van der Waals surface area contributed by atoms with Gasteiger partial charge in [0.2, 0.25) is 0 Å². The summed E-state index contributed by atoms with van der Waals surface area (Å²) < 4.78 is 0. The van der Waals surface area contributed by atoms with Crippen LogP contribution in [0.3, 0.4) is 0 Å². The molecule has 1 N–H and O–H groups in total. The molecule has 0 aliphatic heterocycles. The van der Waals surface area contributed by atoms with E-state index in [1.54, 1.807) is 18.2 Å². The molecule has 0 aliphatic carbocycles. The van der Waals surface area contributed by atoms with Gasteiger partial charge in [0.25, 0.3) is 5.69 Å². The van der Waals surface area contributed by atoms with E-state index in [-0.39, 0.29) is 10.8 Å². The minimum atomic E-state index is -0.456. The number of hydrogen-bond donors (Lipinski definition) is 1. The zero-order valence-electron chi connectivity index (χ0n) is 10.1. The van der Waals surface area contributed by atoms with Crippen molar-refractivity contribution in [2.45, 2.75) is 6.92 Å². The number of nitrogens with one attached hydrogen (secondary N) is 1. The molecule has 1 heterocycles. The van der Waals surface area contributed by atoms with E-state index in [1.807, 2.05) is 6.08 Å². The Morgan fingerprint density at radius 3 is 3.05 bits per heavy atom. The van der Waals surface area contributed by atoms with E-state index in [4.69, 9.17) is 0 Å². The highest BCUT2D eigenvalue weighted by Gasteiger charge is 2.15. The summed E-state index contributed by atoms with van der Waals surface area (Å²) in [5, 5.41) is 18.3.